The minimum Gasteiger partial charge on any atom is -0.347 e. The van der Waals surface area contributed by atoms with E-state index in [1.165, 1.54) is 11.8 Å². The van der Waals surface area contributed by atoms with Crippen molar-refractivity contribution in [2.75, 3.05) is 14.1 Å². The molecule has 0 aromatic carbocycles. The first-order chi connectivity index (χ1) is 8.16. The maximum atomic E-state index is 12.0. The monoisotopic (exact) mass is 256 g/mol. The number of Topliss-reactive ketones (excluding diaryl/α,β-unsaturated/α-hetero) is 1. The molecule has 0 heterocycles. The van der Waals surface area contributed by atoms with Crippen molar-refractivity contribution in [3.8, 4) is 0 Å². The molecule has 0 radical (unpaired) electrons. The molecule has 2 amide bonds. The first-order valence-corrected chi connectivity index (χ1v) is 6.17. The van der Waals surface area contributed by atoms with E-state index >= 15 is 0 Å². The Hall–Kier alpha value is -1.39. The number of rotatable bonds is 6. The van der Waals surface area contributed by atoms with Gasteiger partial charge in [0.1, 0.15) is 11.8 Å². The predicted octanol–water partition coefficient (Wildman–Crippen LogP) is 0.831. The van der Waals surface area contributed by atoms with Gasteiger partial charge in [-0.2, -0.15) is 0 Å². The van der Waals surface area contributed by atoms with Gasteiger partial charge in [-0.1, -0.05) is 13.8 Å². The van der Waals surface area contributed by atoms with Crippen LogP contribution >= 0.6 is 0 Å². The van der Waals surface area contributed by atoms with Gasteiger partial charge < -0.3 is 15.0 Å². The van der Waals surface area contributed by atoms with Crippen LogP contribution in [-0.4, -0.2) is 42.6 Å². The number of ketones is 1. The molecule has 0 aliphatic rings. The lowest BCUT2D eigenvalue weighted by atomic mass is 9.90. The molecule has 0 aromatic rings. The number of nitrogens with one attached hydrogen (secondary N) is 1. The van der Waals surface area contributed by atoms with Crippen LogP contribution in [0, 0.1) is 11.8 Å². The summed E-state index contributed by atoms with van der Waals surface area (Å²) in [5, 5.41) is 2.67. The Morgan fingerprint density at radius 1 is 1.11 bits per heavy atom. The molecule has 0 fully saturated rings. The Bertz CT molecular complexity index is 324. The molecule has 0 saturated heterocycles. The number of amides is 2. The summed E-state index contributed by atoms with van der Waals surface area (Å²) in [4.78, 5) is 36.2. The topological polar surface area (TPSA) is 66.5 Å². The summed E-state index contributed by atoms with van der Waals surface area (Å²) in [6.45, 7) is 6.90. The SMILES string of the molecule is CC(=O)C[C@H](C(=O)N[C@@H](C)C(=O)N(C)C)C(C)C. The highest BCUT2D eigenvalue weighted by Gasteiger charge is 2.26. The zero-order valence-electron chi connectivity index (χ0n) is 12.1. The lowest BCUT2D eigenvalue weighted by molar-refractivity contribution is -0.136. The van der Waals surface area contributed by atoms with E-state index in [1.54, 1.807) is 21.0 Å². The number of likely N-dealkylation sites (N-methyl/N-ethyl adjacent to an activating group) is 1. The second-order valence-corrected chi connectivity index (χ2v) is 5.22. The number of carbonyl (C=O) groups is 3. The van der Waals surface area contributed by atoms with Crippen molar-refractivity contribution in [2.24, 2.45) is 11.8 Å². The number of carbonyl (C=O) groups excluding carboxylic acids is 3. The Morgan fingerprint density at radius 2 is 1.61 bits per heavy atom. The molecule has 0 unspecified atom stereocenters. The third-order valence-electron chi connectivity index (χ3n) is 2.82. The zero-order chi connectivity index (χ0) is 14.5. The van der Waals surface area contributed by atoms with Gasteiger partial charge in [0.15, 0.2) is 0 Å². The van der Waals surface area contributed by atoms with Gasteiger partial charge in [0, 0.05) is 26.4 Å². The highest BCUT2D eigenvalue weighted by Crippen LogP contribution is 2.16. The molecule has 2 atom stereocenters. The van der Waals surface area contributed by atoms with Crippen molar-refractivity contribution < 1.29 is 14.4 Å². The van der Waals surface area contributed by atoms with Gasteiger partial charge in [-0.25, -0.2) is 0 Å². The fourth-order valence-electron chi connectivity index (χ4n) is 1.71. The van der Waals surface area contributed by atoms with Crippen molar-refractivity contribution in [1.82, 2.24) is 10.2 Å². The van der Waals surface area contributed by atoms with Gasteiger partial charge >= 0.3 is 0 Å². The van der Waals surface area contributed by atoms with Crippen molar-refractivity contribution in [3.05, 3.63) is 0 Å². The van der Waals surface area contributed by atoms with Crippen molar-refractivity contribution >= 4 is 17.6 Å². The summed E-state index contributed by atoms with van der Waals surface area (Å²) in [6.07, 6.45) is 0.215. The quantitative estimate of drug-likeness (QED) is 0.765. The Morgan fingerprint density at radius 3 is 1.94 bits per heavy atom. The summed E-state index contributed by atoms with van der Waals surface area (Å²) in [5.41, 5.74) is 0. The summed E-state index contributed by atoms with van der Waals surface area (Å²) in [5.74, 6) is -0.720. The lowest BCUT2D eigenvalue weighted by Gasteiger charge is -2.23. The van der Waals surface area contributed by atoms with Crippen LogP contribution in [0.2, 0.25) is 0 Å². The van der Waals surface area contributed by atoms with Gasteiger partial charge in [0.2, 0.25) is 11.8 Å². The largest absolute Gasteiger partial charge is 0.347 e. The number of hydrogen-bond acceptors (Lipinski definition) is 3. The van der Waals surface area contributed by atoms with E-state index in [1.807, 2.05) is 13.8 Å². The van der Waals surface area contributed by atoms with Gasteiger partial charge in [-0.05, 0) is 19.8 Å². The first kappa shape index (κ1) is 16.6. The van der Waals surface area contributed by atoms with Crippen molar-refractivity contribution in [3.63, 3.8) is 0 Å². The van der Waals surface area contributed by atoms with E-state index in [0.717, 1.165) is 0 Å². The van der Waals surface area contributed by atoms with Crippen LogP contribution in [0.4, 0.5) is 0 Å². The smallest absolute Gasteiger partial charge is 0.244 e. The molecule has 0 aromatic heterocycles. The molecule has 0 saturated carbocycles. The van der Waals surface area contributed by atoms with Gasteiger partial charge in [0.05, 0.1) is 0 Å². The minimum absolute atomic E-state index is 0.0181. The summed E-state index contributed by atoms with van der Waals surface area (Å²) >= 11 is 0. The van der Waals surface area contributed by atoms with Gasteiger partial charge in [-0.15, -0.1) is 0 Å². The Balaban J connectivity index is 4.61. The molecular weight excluding hydrogens is 232 g/mol. The van der Waals surface area contributed by atoms with Crippen LogP contribution in [0.5, 0.6) is 0 Å². The first-order valence-electron chi connectivity index (χ1n) is 6.17. The molecule has 0 bridgehead atoms. The minimum atomic E-state index is -0.569. The van der Waals surface area contributed by atoms with E-state index in [2.05, 4.69) is 5.32 Å². The molecule has 0 aliphatic heterocycles. The molecule has 1 N–H and O–H groups in total. The van der Waals surface area contributed by atoms with Crippen LogP contribution in [0.1, 0.15) is 34.1 Å². The van der Waals surface area contributed by atoms with Crippen LogP contribution in [0.25, 0.3) is 0 Å². The van der Waals surface area contributed by atoms with Crippen molar-refractivity contribution in [1.29, 1.82) is 0 Å². The molecule has 0 aliphatic carbocycles. The summed E-state index contributed by atoms with van der Waals surface area (Å²) in [7, 11) is 3.28. The van der Waals surface area contributed by atoms with E-state index in [9.17, 15) is 14.4 Å². The predicted molar refractivity (Wildman–Crippen MR) is 69.9 cm³/mol. The van der Waals surface area contributed by atoms with Crippen LogP contribution < -0.4 is 5.32 Å². The highest BCUT2D eigenvalue weighted by atomic mass is 16.2. The van der Waals surface area contributed by atoms with Crippen LogP contribution in [0.15, 0.2) is 0 Å². The molecule has 0 rings (SSSR count). The fraction of sp³-hybridized carbons (Fsp3) is 0.769. The standard InChI is InChI=1S/C13H24N2O3/c1-8(2)11(7-9(3)16)12(17)14-10(4)13(18)15(5)6/h8,10-11H,7H2,1-6H3,(H,14,17)/t10-,11-/m0/s1. The summed E-state index contributed by atoms with van der Waals surface area (Å²) < 4.78 is 0. The lowest BCUT2D eigenvalue weighted by Crippen LogP contribution is -2.47. The molecule has 5 nitrogen and oxygen atoms in total. The van der Waals surface area contributed by atoms with Gasteiger partial charge in [0.25, 0.3) is 0 Å². The maximum absolute atomic E-state index is 12.0. The molecule has 0 spiro atoms. The third-order valence-corrected chi connectivity index (χ3v) is 2.82. The molecule has 18 heavy (non-hydrogen) atoms. The van der Waals surface area contributed by atoms with Crippen LogP contribution in [0.3, 0.4) is 0 Å². The average Bonchev–Trinajstić information content (AvgIpc) is 2.23. The van der Waals surface area contributed by atoms with E-state index < -0.39 is 6.04 Å². The molecule has 104 valence electrons. The fourth-order valence-corrected chi connectivity index (χ4v) is 1.71. The Kier molecular flexibility index (Phi) is 6.58. The van der Waals surface area contributed by atoms with E-state index in [0.29, 0.717) is 0 Å². The number of nitrogens with zero attached hydrogens (tertiary/aromatic N) is 1. The zero-order valence-corrected chi connectivity index (χ0v) is 12.1. The number of hydrogen-bond donors (Lipinski definition) is 1. The molecule has 5 heteroatoms. The summed E-state index contributed by atoms with van der Waals surface area (Å²) in [6, 6.07) is -0.569. The normalized spacial score (nSPS) is 13.9. The second-order valence-electron chi connectivity index (χ2n) is 5.22. The highest BCUT2D eigenvalue weighted by molar-refractivity contribution is 5.90. The molecular formula is C13H24N2O3. The van der Waals surface area contributed by atoms with E-state index in [4.69, 9.17) is 0 Å². The van der Waals surface area contributed by atoms with E-state index in [-0.39, 0.29) is 35.9 Å². The third kappa shape index (κ3) is 5.29. The maximum Gasteiger partial charge on any atom is 0.244 e. The second kappa shape index (κ2) is 7.13. The van der Waals surface area contributed by atoms with Gasteiger partial charge in [-0.3, -0.25) is 9.59 Å². The Labute approximate surface area is 109 Å². The van der Waals surface area contributed by atoms with Crippen LogP contribution in [-0.2, 0) is 14.4 Å². The van der Waals surface area contributed by atoms with Crippen molar-refractivity contribution in [2.45, 2.75) is 40.2 Å². The average molecular weight is 256 g/mol.